The molecule has 0 aromatic carbocycles. The van der Waals surface area contributed by atoms with Gasteiger partial charge in [0.15, 0.2) is 0 Å². The Morgan fingerprint density at radius 1 is 0.750 bits per heavy atom. The predicted octanol–water partition coefficient (Wildman–Crippen LogP) is 6.31. The van der Waals surface area contributed by atoms with Crippen LogP contribution < -0.4 is 0 Å². The van der Waals surface area contributed by atoms with Crippen LogP contribution in [0.5, 0.6) is 0 Å². The molecule has 0 amide bonds. The first-order valence-corrected chi connectivity index (χ1v) is 10.5. The van der Waals surface area contributed by atoms with Gasteiger partial charge in [0.25, 0.3) is 0 Å². The molecule has 0 rings (SSSR count). The number of rotatable bonds is 17. The average molecular weight is 404 g/mol. The zero-order chi connectivity index (χ0) is 18.3. The van der Waals surface area contributed by atoms with Gasteiger partial charge in [-0.1, -0.05) is 100 Å². The van der Waals surface area contributed by atoms with E-state index < -0.39 is 15.7 Å². The van der Waals surface area contributed by atoms with Gasteiger partial charge in [-0.25, -0.2) is 4.79 Å². The number of alkyl halides is 3. The van der Waals surface area contributed by atoms with Gasteiger partial charge in [-0.3, -0.25) is 0 Å². The monoisotopic (exact) mass is 402 g/mol. The first kappa shape index (κ1) is 24.3. The van der Waals surface area contributed by atoms with Crippen LogP contribution in [0.3, 0.4) is 0 Å². The summed E-state index contributed by atoms with van der Waals surface area (Å²) >= 11 is 17.4. The lowest BCUT2D eigenvalue weighted by Gasteiger charge is -2.20. The Balaban J connectivity index is 3.30. The number of carboxylic acids is 1. The van der Waals surface area contributed by atoms with Crippen LogP contribution >= 0.6 is 34.8 Å². The van der Waals surface area contributed by atoms with Crippen LogP contribution in [0.25, 0.3) is 0 Å². The van der Waals surface area contributed by atoms with Crippen molar-refractivity contribution in [1.29, 1.82) is 0 Å². The summed E-state index contributed by atoms with van der Waals surface area (Å²) in [6, 6.07) is 0. The Morgan fingerprint density at radius 2 is 1.08 bits per heavy atom. The van der Waals surface area contributed by atoms with Crippen LogP contribution in [0.2, 0.25) is 0 Å². The predicted molar refractivity (Wildman–Crippen MR) is 103 cm³/mol. The van der Waals surface area contributed by atoms with Gasteiger partial charge in [0.1, 0.15) is 0 Å². The third-order valence-electron chi connectivity index (χ3n) is 4.29. The van der Waals surface area contributed by atoms with Crippen molar-refractivity contribution in [2.45, 2.75) is 99.6 Å². The lowest BCUT2D eigenvalue weighted by atomic mass is 10.0. The third kappa shape index (κ3) is 12.6. The van der Waals surface area contributed by atoms with Gasteiger partial charge >= 0.3 is 5.97 Å². The lowest BCUT2D eigenvalue weighted by Crippen LogP contribution is -2.35. The quantitative estimate of drug-likeness (QED) is 0.221. The highest BCUT2D eigenvalue weighted by molar-refractivity contribution is 6.60. The smallest absolute Gasteiger partial charge is 0.341 e. The van der Waals surface area contributed by atoms with Crippen molar-refractivity contribution in [3.63, 3.8) is 0 Å². The van der Waals surface area contributed by atoms with Crippen LogP contribution in [0.4, 0.5) is 0 Å². The SMILES string of the molecule is O=C(O)C(Cl)(Cl)C(Cl)CCCCCCCCCCCCCCCO. The fourth-order valence-electron chi connectivity index (χ4n) is 2.70. The lowest BCUT2D eigenvalue weighted by molar-refractivity contribution is -0.137. The molecule has 144 valence electrons. The molecular formula is C18H33Cl3O3. The fraction of sp³-hybridized carbons (Fsp3) is 0.944. The van der Waals surface area contributed by atoms with Crippen molar-refractivity contribution in [3.8, 4) is 0 Å². The fourth-order valence-corrected chi connectivity index (χ4v) is 3.16. The molecule has 0 aromatic rings. The Bertz CT molecular complexity index is 312. The molecule has 0 aliphatic heterocycles. The molecule has 2 N–H and O–H groups in total. The van der Waals surface area contributed by atoms with E-state index in [1.54, 1.807) is 0 Å². The number of halogens is 3. The molecular weight excluding hydrogens is 371 g/mol. The maximum absolute atomic E-state index is 10.9. The molecule has 3 nitrogen and oxygen atoms in total. The number of aliphatic hydroxyl groups excluding tert-OH is 1. The van der Waals surface area contributed by atoms with Crippen LogP contribution in [0.15, 0.2) is 0 Å². The Kier molecular flexibility index (Phi) is 15.7. The van der Waals surface area contributed by atoms with Gasteiger partial charge in [-0.2, -0.15) is 0 Å². The molecule has 24 heavy (non-hydrogen) atoms. The molecule has 0 aliphatic rings. The molecule has 1 atom stereocenters. The summed E-state index contributed by atoms with van der Waals surface area (Å²) in [4.78, 5) is 10.9. The number of aliphatic hydroxyl groups is 1. The highest BCUT2D eigenvalue weighted by Gasteiger charge is 2.41. The van der Waals surface area contributed by atoms with Gasteiger partial charge in [0.05, 0.1) is 5.38 Å². The average Bonchev–Trinajstić information content (AvgIpc) is 2.54. The summed E-state index contributed by atoms with van der Waals surface area (Å²) in [5.74, 6) is -1.28. The minimum atomic E-state index is -1.89. The topological polar surface area (TPSA) is 57.5 Å². The summed E-state index contributed by atoms with van der Waals surface area (Å²) in [5.41, 5.74) is 0. The third-order valence-corrected chi connectivity index (χ3v) is 5.91. The summed E-state index contributed by atoms with van der Waals surface area (Å²) in [6.45, 7) is 0.323. The van der Waals surface area contributed by atoms with Crippen molar-refractivity contribution in [2.75, 3.05) is 6.61 Å². The highest BCUT2D eigenvalue weighted by Crippen LogP contribution is 2.33. The van der Waals surface area contributed by atoms with E-state index in [0.29, 0.717) is 13.0 Å². The van der Waals surface area contributed by atoms with Crippen molar-refractivity contribution in [2.24, 2.45) is 0 Å². The maximum atomic E-state index is 10.9. The number of hydrogen-bond donors (Lipinski definition) is 2. The Morgan fingerprint density at radius 3 is 1.42 bits per heavy atom. The molecule has 0 spiro atoms. The second-order valence-corrected chi connectivity index (χ2v) is 8.42. The standard InChI is InChI=1S/C18H33Cl3O3/c19-16(18(20,21)17(23)24)14-12-10-8-6-4-2-1-3-5-7-9-11-13-15-22/h16,22H,1-15H2,(H,23,24). The van der Waals surface area contributed by atoms with E-state index in [1.807, 2.05) is 0 Å². The summed E-state index contributed by atoms with van der Waals surface area (Å²) in [7, 11) is 0. The molecule has 0 aliphatic carbocycles. The zero-order valence-electron chi connectivity index (χ0n) is 14.6. The summed E-state index contributed by atoms with van der Waals surface area (Å²) < 4.78 is -1.89. The Hall–Kier alpha value is 0.300. The molecule has 6 heteroatoms. The largest absolute Gasteiger partial charge is 0.479 e. The number of unbranched alkanes of at least 4 members (excludes halogenated alkanes) is 12. The van der Waals surface area contributed by atoms with Crippen LogP contribution in [0, 0.1) is 0 Å². The van der Waals surface area contributed by atoms with Crippen molar-refractivity contribution in [1.82, 2.24) is 0 Å². The van der Waals surface area contributed by atoms with E-state index in [0.717, 1.165) is 32.1 Å². The number of carboxylic acid groups (broad SMARTS) is 1. The molecule has 0 fully saturated rings. The number of carbonyl (C=O) groups is 1. The molecule has 0 saturated heterocycles. The van der Waals surface area contributed by atoms with E-state index >= 15 is 0 Å². The second-order valence-electron chi connectivity index (χ2n) is 6.50. The minimum absolute atomic E-state index is 0.323. The van der Waals surface area contributed by atoms with Crippen LogP contribution in [-0.2, 0) is 4.79 Å². The van der Waals surface area contributed by atoms with Gasteiger partial charge in [0, 0.05) is 6.61 Å². The zero-order valence-corrected chi connectivity index (χ0v) is 16.9. The molecule has 0 aromatic heterocycles. The number of hydrogen-bond acceptors (Lipinski definition) is 2. The maximum Gasteiger partial charge on any atom is 0.341 e. The van der Waals surface area contributed by atoms with Crippen molar-refractivity contribution >= 4 is 40.8 Å². The molecule has 0 bridgehead atoms. The highest BCUT2D eigenvalue weighted by atomic mass is 35.5. The summed E-state index contributed by atoms with van der Waals surface area (Å²) in [5, 5.41) is 16.8. The first-order chi connectivity index (χ1) is 11.4. The van der Waals surface area contributed by atoms with Crippen molar-refractivity contribution in [3.05, 3.63) is 0 Å². The van der Waals surface area contributed by atoms with Gasteiger partial charge in [0.2, 0.25) is 4.33 Å². The second kappa shape index (κ2) is 15.5. The van der Waals surface area contributed by atoms with Gasteiger partial charge in [-0.15, -0.1) is 11.6 Å². The first-order valence-electron chi connectivity index (χ1n) is 9.29. The van der Waals surface area contributed by atoms with Gasteiger partial charge in [-0.05, 0) is 12.8 Å². The van der Waals surface area contributed by atoms with E-state index in [4.69, 9.17) is 45.0 Å². The summed E-state index contributed by atoms with van der Waals surface area (Å²) in [6.07, 6.45) is 15.9. The Labute approximate surface area is 162 Å². The molecule has 0 heterocycles. The van der Waals surface area contributed by atoms with Crippen molar-refractivity contribution < 1.29 is 15.0 Å². The molecule has 1 unspecified atom stereocenters. The van der Waals surface area contributed by atoms with E-state index in [1.165, 1.54) is 51.4 Å². The van der Waals surface area contributed by atoms with E-state index in [-0.39, 0.29) is 0 Å². The minimum Gasteiger partial charge on any atom is -0.479 e. The van der Waals surface area contributed by atoms with Crippen LogP contribution in [-0.4, -0.2) is 32.5 Å². The van der Waals surface area contributed by atoms with E-state index in [9.17, 15) is 4.79 Å². The van der Waals surface area contributed by atoms with Gasteiger partial charge < -0.3 is 10.2 Å². The van der Waals surface area contributed by atoms with Crippen LogP contribution in [0.1, 0.15) is 89.9 Å². The van der Waals surface area contributed by atoms with E-state index in [2.05, 4.69) is 0 Å². The molecule has 0 radical (unpaired) electrons. The molecule has 0 saturated carbocycles. The normalized spacial score (nSPS) is 13.2. The number of aliphatic carboxylic acids is 1.